The molecule has 0 spiro atoms. The van der Waals surface area contributed by atoms with Crippen LogP contribution in [0.5, 0.6) is 0 Å². The van der Waals surface area contributed by atoms with Crippen LogP contribution in [0.2, 0.25) is 0 Å². The predicted molar refractivity (Wildman–Crippen MR) is 125 cm³/mol. The van der Waals surface area contributed by atoms with Gasteiger partial charge in [0.25, 0.3) is 0 Å². The number of hydrogen-bond donors (Lipinski definition) is 2. The fourth-order valence-electron chi connectivity index (χ4n) is 4.18. The minimum Gasteiger partial charge on any atom is -0.463 e. The Morgan fingerprint density at radius 2 is 1.91 bits per heavy atom. The monoisotopic (exact) mass is 482 g/mol. The number of aryl methyl sites for hydroxylation is 2. The first-order chi connectivity index (χ1) is 16.5. The second-order valence-electron chi connectivity index (χ2n) is 8.08. The van der Waals surface area contributed by atoms with Gasteiger partial charge in [0, 0.05) is 16.9 Å². The van der Waals surface area contributed by atoms with Crippen molar-refractivity contribution in [3.05, 3.63) is 68.5 Å². The van der Waals surface area contributed by atoms with Gasteiger partial charge >= 0.3 is 18.0 Å². The molecule has 9 heteroatoms. The summed E-state index contributed by atoms with van der Waals surface area (Å²) in [5.74, 6) is -1.32. The summed E-state index contributed by atoms with van der Waals surface area (Å²) in [4.78, 5) is 50.5. The van der Waals surface area contributed by atoms with Gasteiger partial charge in [-0.25, -0.2) is 9.59 Å². The predicted octanol–water partition coefficient (Wildman–Crippen LogP) is 3.61. The molecule has 0 saturated carbocycles. The lowest BCUT2D eigenvalue weighted by Crippen LogP contribution is -2.46. The number of amides is 2. The lowest BCUT2D eigenvalue weighted by Gasteiger charge is -2.28. The Bertz CT molecular complexity index is 1140. The Hall–Kier alpha value is -3.46. The third-order valence-corrected chi connectivity index (χ3v) is 6.77. The van der Waals surface area contributed by atoms with Gasteiger partial charge in [-0.3, -0.25) is 9.59 Å². The summed E-state index contributed by atoms with van der Waals surface area (Å²) in [6.45, 7) is 1.53. The molecule has 2 heterocycles. The van der Waals surface area contributed by atoms with E-state index in [2.05, 4.69) is 10.6 Å². The molecule has 0 bridgehead atoms. The molecule has 2 aromatic rings. The number of carbonyl (C=O) groups is 4. The number of benzene rings is 1. The maximum Gasteiger partial charge on any atom is 0.338 e. The number of Topliss-reactive ketones (excluding diaryl/α,β-unsaturated/α-hetero) is 1. The SMILES string of the molecule is CCOC(=O)C1=C(COC(=O)CCC(=O)c2ccc3c(c2)CCC3)NC(=O)NC1c1cccs1. The highest BCUT2D eigenvalue weighted by molar-refractivity contribution is 7.10. The molecule has 2 aliphatic rings. The molecule has 1 aromatic carbocycles. The smallest absolute Gasteiger partial charge is 0.338 e. The van der Waals surface area contributed by atoms with Crippen LogP contribution in [0, 0.1) is 0 Å². The number of carbonyl (C=O) groups excluding carboxylic acids is 4. The average Bonchev–Trinajstić information content (AvgIpc) is 3.52. The molecule has 0 fully saturated rings. The van der Waals surface area contributed by atoms with Crippen LogP contribution in [0.3, 0.4) is 0 Å². The standard InChI is InChI=1S/C25H26N2O6S/c1-2-32-24(30)22-18(26-25(31)27-23(22)20-7-4-12-34-20)14-33-21(29)11-10-19(28)17-9-8-15-5-3-6-16(15)13-17/h4,7-9,12-13,23H,2-3,5-6,10-11,14H2,1H3,(H2,26,27,31). The molecular formula is C25H26N2O6S. The zero-order valence-corrected chi connectivity index (χ0v) is 19.7. The Morgan fingerprint density at radius 3 is 2.68 bits per heavy atom. The van der Waals surface area contributed by atoms with Crippen LogP contribution in [0.25, 0.3) is 0 Å². The largest absolute Gasteiger partial charge is 0.463 e. The summed E-state index contributed by atoms with van der Waals surface area (Å²) in [5, 5.41) is 7.11. The van der Waals surface area contributed by atoms with Gasteiger partial charge in [-0.05, 0) is 54.8 Å². The number of rotatable bonds is 9. The third-order valence-electron chi connectivity index (χ3n) is 5.83. The molecule has 178 valence electrons. The quantitative estimate of drug-likeness (QED) is 0.417. The van der Waals surface area contributed by atoms with Gasteiger partial charge in [0.1, 0.15) is 6.61 Å². The first-order valence-electron chi connectivity index (χ1n) is 11.3. The summed E-state index contributed by atoms with van der Waals surface area (Å²) in [6, 6.07) is 8.11. The molecule has 4 rings (SSSR count). The van der Waals surface area contributed by atoms with E-state index in [9.17, 15) is 19.2 Å². The normalized spacial score (nSPS) is 17.0. The van der Waals surface area contributed by atoms with Gasteiger partial charge < -0.3 is 20.1 Å². The molecule has 0 radical (unpaired) electrons. The maximum absolute atomic E-state index is 12.7. The van der Waals surface area contributed by atoms with Crippen LogP contribution in [-0.4, -0.2) is 37.0 Å². The molecule has 2 N–H and O–H groups in total. The van der Waals surface area contributed by atoms with Gasteiger partial charge in [-0.2, -0.15) is 0 Å². The van der Waals surface area contributed by atoms with Crippen LogP contribution < -0.4 is 10.6 Å². The summed E-state index contributed by atoms with van der Waals surface area (Å²) in [5.41, 5.74) is 3.44. The summed E-state index contributed by atoms with van der Waals surface area (Å²) >= 11 is 1.38. The molecule has 1 aliphatic carbocycles. The summed E-state index contributed by atoms with van der Waals surface area (Å²) < 4.78 is 10.5. The first kappa shape index (κ1) is 23.7. The number of ether oxygens (including phenoxy) is 2. The van der Waals surface area contributed by atoms with E-state index in [-0.39, 0.29) is 43.1 Å². The number of esters is 2. The van der Waals surface area contributed by atoms with Crippen molar-refractivity contribution in [2.75, 3.05) is 13.2 Å². The fourth-order valence-corrected chi connectivity index (χ4v) is 4.96. The highest BCUT2D eigenvalue weighted by Gasteiger charge is 2.34. The van der Waals surface area contributed by atoms with Crippen molar-refractivity contribution in [2.24, 2.45) is 0 Å². The van der Waals surface area contributed by atoms with Crippen molar-refractivity contribution in [3.8, 4) is 0 Å². The first-order valence-corrected chi connectivity index (χ1v) is 12.2. The number of thiophene rings is 1. The molecule has 1 aliphatic heterocycles. The Labute approximate surface area is 201 Å². The summed E-state index contributed by atoms with van der Waals surface area (Å²) in [6.07, 6.45) is 3.04. The van der Waals surface area contributed by atoms with Crippen LogP contribution in [0.4, 0.5) is 4.79 Å². The Morgan fingerprint density at radius 1 is 1.09 bits per heavy atom. The molecule has 1 aromatic heterocycles. The zero-order valence-electron chi connectivity index (χ0n) is 18.8. The van der Waals surface area contributed by atoms with Gasteiger partial charge in [-0.1, -0.05) is 18.2 Å². The van der Waals surface area contributed by atoms with Crippen molar-refractivity contribution in [3.63, 3.8) is 0 Å². The second kappa shape index (κ2) is 10.6. The average molecular weight is 483 g/mol. The minimum atomic E-state index is -0.706. The second-order valence-corrected chi connectivity index (χ2v) is 9.06. The van der Waals surface area contributed by atoms with Crippen molar-refractivity contribution >= 4 is 35.1 Å². The van der Waals surface area contributed by atoms with E-state index in [0.29, 0.717) is 5.56 Å². The molecule has 34 heavy (non-hydrogen) atoms. The fraction of sp³-hybridized carbons (Fsp3) is 0.360. The molecular weight excluding hydrogens is 456 g/mol. The van der Waals surface area contributed by atoms with Gasteiger partial charge in [0.2, 0.25) is 0 Å². The van der Waals surface area contributed by atoms with E-state index in [4.69, 9.17) is 9.47 Å². The molecule has 1 unspecified atom stereocenters. The van der Waals surface area contributed by atoms with Crippen LogP contribution in [0.1, 0.15) is 58.6 Å². The molecule has 0 saturated heterocycles. The molecule has 8 nitrogen and oxygen atoms in total. The Kier molecular flexibility index (Phi) is 7.42. The number of nitrogens with one attached hydrogen (secondary N) is 2. The van der Waals surface area contributed by atoms with Crippen molar-refractivity contribution in [2.45, 2.75) is 45.1 Å². The lowest BCUT2D eigenvalue weighted by molar-refractivity contribution is -0.143. The van der Waals surface area contributed by atoms with Gasteiger partial charge in [0.05, 0.1) is 30.3 Å². The highest BCUT2D eigenvalue weighted by Crippen LogP contribution is 2.31. The van der Waals surface area contributed by atoms with Crippen molar-refractivity contribution < 1.29 is 28.7 Å². The van der Waals surface area contributed by atoms with E-state index >= 15 is 0 Å². The number of hydrogen-bond acceptors (Lipinski definition) is 7. The van der Waals surface area contributed by atoms with Gasteiger partial charge in [0.15, 0.2) is 5.78 Å². The van der Waals surface area contributed by atoms with Crippen LogP contribution in [0.15, 0.2) is 47.0 Å². The zero-order chi connectivity index (χ0) is 24.1. The topological polar surface area (TPSA) is 111 Å². The number of urea groups is 1. The third kappa shape index (κ3) is 5.36. The summed E-state index contributed by atoms with van der Waals surface area (Å²) in [7, 11) is 0. The number of ketones is 1. The maximum atomic E-state index is 12.7. The van der Waals surface area contributed by atoms with E-state index in [1.54, 1.807) is 13.0 Å². The van der Waals surface area contributed by atoms with Crippen LogP contribution >= 0.6 is 11.3 Å². The van der Waals surface area contributed by atoms with E-state index < -0.39 is 24.0 Å². The van der Waals surface area contributed by atoms with E-state index in [0.717, 1.165) is 24.1 Å². The van der Waals surface area contributed by atoms with E-state index in [1.807, 2.05) is 29.6 Å². The van der Waals surface area contributed by atoms with Gasteiger partial charge in [-0.15, -0.1) is 11.3 Å². The lowest BCUT2D eigenvalue weighted by atomic mass is 10.0. The molecule has 1 atom stereocenters. The van der Waals surface area contributed by atoms with E-state index in [1.165, 1.54) is 22.5 Å². The molecule has 2 amide bonds. The van der Waals surface area contributed by atoms with Crippen LogP contribution in [-0.2, 0) is 31.9 Å². The minimum absolute atomic E-state index is 0.0210. The number of fused-ring (bicyclic) bond motifs is 1. The highest BCUT2D eigenvalue weighted by atomic mass is 32.1. The Balaban J connectivity index is 1.41. The van der Waals surface area contributed by atoms with Crippen molar-refractivity contribution in [1.29, 1.82) is 0 Å². The van der Waals surface area contributed by atoms with Crippen molar-refractivity contribution in [1.82, 2.24) is 10.6 Å².